The second-order valence-corrected chi connectivity index (χ2v) is 6.96. The van der Waals surface area contributed by atoms with E-state index in [0.29, 0.717) is 24.8 Å². The summed E-state index contributed by atoms with van der Waals surface area (Å²) in [6.45, 7) is 4.24. The second kappa shape index (κ2) is 5.72. The Bertz CT molecular complexity index is 678. The fraction of sp³-hybridized carbons (Fsp3) is 0.688. The molecule has 2 fully saturated rings. The highest BCUT2D eigenvalue weighted by Gasteiger charge is 2.36. The molecule has 0 spiro atoms. The van der Waals surface area contributed by atoms with E-state index in [2.05, 4.69) is 20.2 Å². The van der Waals surface area contributed by atoms with Gasteiger partial charge in [-0.1, -0.05) is 10.3 Å². The maximum Gasteiger partial charge on any atom is 0.229 e. The van der Waals surface area contributed by atoms with Gasteiger partial charge in [-0.3, -0.25) is 4.90 Å². The van der Waals surface area contributed by atoms with Gasteiger partial charge in [-0.25, -0.2) is 0 Å². The number of hydrogen-bond donors (Lipinski definition) is 1. The van der Waals surface area contributed by atoms with Crippen molar-refractivity contribution < 1.29 is 14.2 Å². The number of aromatic nitrogens is 3. The molecule has 1 atom stereocenters. The minimum atomic E-state index is -0.809. The standard InChI is InChI=1S/C16H22N4O3/c1-11-13(9-22-18-11)8-20-6-2-5-16(21,10-20)7-14-17-15(19-23-14)12-3-4-12/h9,12,21H,2-8,10H2,1H3. The number of β-amino-alcohol motifs (C(OH)–C–C–N with tert-alkyl or cyclic N) is 1. The van der Waals surface area contributed by atoms with Crippen LogP contribution in [0.2, 0.25) is 0 Å². The first-order valence-corrected chi connectivity index (χ1v) is 8.28. The Hall–Kier alpha value is -1.73. The van der Waals surface area contributed by atoms with E-state index in [1.165, 1.54) is 0 Å². The maximum atomic E-state index is 10.9. The highest BCUT2D eigenvalue weighted by Crippen LogP contribution is 2.38. The van der Waals surface area contributed by atoms with Crippen LogP contribution in [0.25, 0.3) is 0 Å². The van der Waals surface area contributed by atoms with E-state index >= 15 is 0 Å². The molecule has 1 N–H and O–H groups in total. The number of hydrogen-bond acceptors (Lipinski definition) is 7. The molecule has 1 aliphatic carbocycles. The predicted octanol–water partition coefficient (Wildman–Crippen LogP) is 1.81. The number of likely N-dealkylation sites (tertiary alicyclic amines) is 1. The fourth-order valence-electron chi connectivity index (χ4n) is 3.32. The third-order valence-corrected chi connectivity index (χ3v) is 4.78. The molecule has 2 aromatic rings. The first kappa shape index (κ1) is 14.8. The van der Waals surface area contributed by atoms with Gasteiger partial charge in [0.05, 0.1) is 17.7 Å². The lowest BCUT2D eigenvalue weighted by molar-refractivity contribution is -0.0374. The topological polar surface area (TPSA) is 88.4 Å². The summed E-state index contributed by atoms with van der Waals surface area (Å²) in [5, 5.41) is 18.9. The third-order valence-electron chi connectivity index (χ3n) is 4.78. The molecule has 23 heavy (non-hydrogen) atoms. The maximum absolute atomic E-state index is 10.9. The van der Waals surface area contributed by atoms with Crippen molar-refractivity contribution in [1.29, 1.82) is 0 Å². The zero-order valence-corrected chi connectivity index (χ0v) is 13.4. The van der Waals surface area contributed by atoms with E-state index in [9.17, 15) is 5.11 Å². The molecule has 1 unspecified atom stereocenters. The van der Waals surface area contributed by atoms with E-state index in [-0.39, 0.29) is 0 Å². The SMILES string of the molecule is Cc1nocc1CN1CCCC(O)(Cc2nc(C3CC3)no2)C1. The molecule has 2 aliphatic rings. The van der Waals surface area contributed by atoms with Gasteiger partial charge in [0.15, 0.2) is 5.82 Å². The molecule has 0 radical (unpaired) electrons. The van der Waals surface area contributed by atoms with Crippen molar-refractivity contribution >= 4 is 0 Å². The summed E-state index contributed by atoms with van der Waals surface area (Å²) in [5.74, 6) is 1.83. The van der Waals surface area contributed by atoms with Crippen molar-refractivity contribution in [2.24, 2.45) is 0 Å². The van der Waals surface area contributed by atoms with Crippen molar-refractivity contribution in [1.82, 2.24) is 20.2 Å². The molecule has 1 saturated carbocycles. The van der Waals surface area contributed by atoms with Crippen molar-refractivity contribution in [3.8, 4) is 0 Å². The van der Waals surface area contributed by atoms with E-state index in [1.807, 2.05) is 6.92 Å². The van der Waals surface area contributed by atoms with E-state index in [4.69, 9.17) is 9.05 Å². The second-order valence-electron chi connectivity index (χ2n) is 6.96. The van der Waals surface area contributed by atoms with Gasteiger partial charge in [-0.2, -0.15) is 4.98 Å². The van der Waals surface area contributed by atoms with Crippen molar-refractivity contribution in [3.05, 3.63) is 29.2 Å². The molecule has 7 heteroatoms. The Balaban J connectivity index is 1.41. The first-order chi connectivity index (χ1) is 11.1. The van der Waals surface area contributed by atoms with E-state index in [0.717, 1.165) is 55.9 Å². The average molecular weight is 318 g/mol. The highest BCUT2D eigenvalue weighted by atomic mass is 16.5. The first-order valence-electron chi connectivity index (χ1n) is 8.28. The zero-order valence-electron chi connectivity index (χ0n) is 13.4. The molecule has 1 saturated heterocycles. The van der Waals surface area contributed by atoms with Crippen LogP contribution in [0.3, 0.4) is 0 Å². The van der Waals surface area contributed by atoms with E-state index < -0.39 is 5.60 Å². The van der Waals surface area contributed by atoms with Gasteiger partial charge >= 0.3 is 0 Å². The van der Waals surface area contributed by atoms with Crippen molar-refractivity contribution in [2.75, 3.05) is 13.1 Å². The lowest BCUT2D eigenvalue weighted by atomic mass is 9.89. The van der Waals surface area contributed by atoms with Crippen LogP contribution < -0.4 is 0 Å². The Morgan fingerprint density at radius 1 is 1.39 bits per heavy atom. The monoisotopic (exact) mass is 318 g/mol. The summed E-state index contributed by atoms with van der Waals surface area (Å²) in [7, 11) is 0. The predicted molar refractivity (Wildman–Crippen MR) is 80.7 cm³/mol. The molecular formula is C16H22N4O3. The van der Waals surface area contributed by atoms with Crippen LogP contribution in [0.4, 0.5) is 0 Å². The van der Waals surface area contributed by atoms with Gasteiger partial charge in [0.25, 0.3) is 0 Å². The molecule has 124 valence electrons. The van der Waals surface area contributed by atoms with Gasteiger partial charge in [0, 0.05) is 24.6 Å². The minimum absolute atomic E-state index is 0.422. The van der Waals surface area contributed by atoms with Crippen LogP contribution in [-0.2, 0) is 13.0 Å². The van der Waals surface area contributed by atoms with Crippen LogP contribution >= 0.6 is 0 Å². The summed E-state index contributed by atoms with van der Waals surface area (Å²) in [4.78, 5) is 6.68. The van der Waals surface area contributed by atoms with Gasteiger partial charge < -0.3 is 14.2 Å². The average Bonchev–Trinajstić information content (AvgIpc) is 3.14. The van der Waals surface area contributed by atoms with Crippen molar-refractivity contribution in [2.45, 2.75) is 57.1 Å². The van der Waals surface area contributed by atoms with Gasteiger partial charge in [-0.05, 0) is 39.2 Å². The van der Waals surface area contributed by atoms with Crippen LogP contribution in [0.1, 0.15) is 54.6 Å². The molecule has 1 aliphatic heterocycles. The summed E-state index contributed by atoms with van der Waals surface area (Å²) >= 11 is 0. The molecule has 0 amide bonds. The number of nitrogens with zero attached hydrogens (tertiary/aromatic N) is 4. The fourth-order valence-corrected chi connectivity index (χ4v) is 3.32. The lowest BCUT2D eigenvalue weighted by Gasteiger charge is -2.38. The zero-order chi connectivity index (χ0) is 15.9. The number of aryl methyl sites for hydroxylation is 1. The number of piperidine rings is 1. The normalized spacial score (nSPS) is 25.8. The van der Waals surface area contributed by atoms with Crippen LogP contribution in [0.5, 0.6) is 0 Å². The number of aliphatic hydroxyl groups is 1. The Morgan fingerprint density at radius 2 is 2.26 bits per heavy atom. The molecule has 2 aromatic heterocycles. The molecule has 4 rings (SSSR count). The molecule has 0 aromatic carbocycles. The quantitative estimate of drug-likeness (QED) is 0.899. The molecule has 0 bridgehead atoms. The summed E-state index contributed by atoms with van der Waals surface area (Å²) in [6.07, 6.45) is 6.11. The Morgan fingerprint density at radius 3 is 3.00 bits per heavy atom. The molecule has 3 heterocycles. The number of rotatable bonds is 5. The highest BCUT2D eigenvalue weighted by molar-refractivity contribution is 5.13. The summed E-state index contributed by atoms with van der Waals surface area (Å²) < 4.78 is 10.3. The van der Waals surface area contributed by atoms with Crippen LogP contribution in [0.15, 0.2) is 15.3 Å². The van der Waals surface area contributed by atoms with Crippen LogP contribution in [-0.4, -0.2) is 44.0 Å². The van der Waals surface area contributed by atoms with Gasteiger partial charge in [0.2, 0.25) is 5.89 Å². The Kier molecular flexibility index (Phi) is 3.69. The smallest absolute Gasteiger partial charge is 0.229 e. The molecular weight excluding hydrogens is 296 g/mol. The summed E-state index contributed by atoms with van der Waals surface area (Å²) in [6, 6.07) is 0. The van der Waals surface area contributed by atoms with Crippen LogP contribution in [0, 0.1) is 6.92 Å². The Labute approximate surface area is 134 Å². The van der Waals surface area contributed by atoms with E-state index in [1.54, 1.807) is 6.26 Å². The lowest BCUT2D eigenvalue weighted by Crippen LogP contribution is -2.49. The molecule has 7 nitrogen and oxygen atoms in total. The van der Waals surface area contributed by atoms with Gasteiger partial charge in [0.1, 0.15) is 6.26 Å². The summed E-state index contributed by atoms with van der Waals surface area (Å²) in [5.41, 5.74) is 1.17. The van der Waals surface area contributed by atoms with Gasteiger partial charge in [-0.15, -0.1) is 0 Å². The minimum Gasteiger partial charge on any atom is -0.388 e. The third kappa shape index (κ3) is 3.30. The van der Waals surface area contributed by atoms with Crippen molar-refractivity contribution in [3.63, 3.8) is 0 Å². The largest absolute Gasteiger partial charge is 0.388 e.